The zero-order valence-electron chi connectivity index (χ0n) is 12.8. The van der Waals surface area contributed by atoms with Gasteiger partial charge in [0.05, 0.1) is 5.60 Å². The molecule has 0 aromatic rings. The average Bonchev–Trinajstić information content (AvgIpc) is 2.36. The van der Waals surface area contributed by atoms with Gasteiger partial charge >= 0.3 is 0 Å². The number of hydrogen-bond donors (Lipinski definition) is 1. The third kappa shape index (κ3) is 5.25. The van der Waals surface area contributed by atoms with Crippen LogP contribution in [0.1, 0.15) is 53.4 Å². The first-order valence-electron chi connectivity index (χ1n) is 7.25. The van der Waals surface area contributed by atoms with Crippen LogP contribution in [0, 0.1) is 5.41 Å². The highest BCUT2D eigenvalue weighted by molar-refractivity contribution is 4.87. The van der Waals surface area contributed by atoms with Crippen molar-refractivity contribution in [3.05, 3.63) is 0 Å². The number of rotatable bonds is 7. The van der Waals surface area contributed by atoms with Gasteiger partial charge < -0.3 is 14.8 Å². The molecule has 1 N–H and O–H groups in total. The SMILES string of the molecule is COC(C)(C)CCC1(CNC(C)C)CCOCC1. The van der Waals surface area contributed by atoms with Crippen molar-refractivity contribution in [2.75, 3.05) is 26.9 Å². The average molecular weight is 257 g/mol. The zero-order valence-corrected chi connectivity index (χ0v) is 12.8. The Morgan fingerprint density at radius 2 is 1.89 bits per heavy atom. The largest absolute Gasteiger partial charge is 0.381 e. The molecule has 0 amide bonds. The van der Waals surface area contributed by atoms with Crippen LogP contribution in [0.15, 0.2) is 0 Å². The number of hydrogen-bond acceptors (Lipinski definition) is 3. The van der Waals surface area contributed by atoms with E-state index >= 15 is 0 Å². The molecule has 0 atom stereocenters. The van der Waals surface area contributed by atoms with Gasteiger partial charge in [0.1, 0.15) is 0 Å². The van der Waals surface area contributed by atoms with Crippen molar-refractivity contribution in [2.24, 2.45) is 5.41 Å². The Kier molecular flexibility index (Phi) is 6.09. The van der Waals surface area contributed by atoms with Crippen LogP contribution in [0.4, 0.5) is 0 Å². The molecule has 18 heavy (non-hydrogen) atoms. The second kappa shape index (κ2) is 6.88. The second-order valence-electron chi connectivity index (χ2n) is 6.61. The normalized spacial score (nSPS) is 20.3. The van der Waals surface area contributed by atoms with E-state index in [9.17, 15) is 0 Å². The molecular formula is C15H31NO2. The summed E-state index contributed by atoms with van der Waals surface area (Å²) < 4.78 is 11.1. The molecule has 0 saturated carbocycles. The lowest BCUT2D eigenvalue weighted by molar-refractivity contribution is -0.0250. The summed E-state index contributed by atoms with van der Waals surface area (Å²) in [6, 6.07) is 0.556. The summed E-state index contributed by atoms with van der Waals surface area (Å²) in [6.07, 6.45) is 4.68. The van der Waals surface area contributed by atoms with E-state index in [1.54, 1.807) is 0 Å². The van der Waals surface area contributed by atoms with Gasteiger partial charge in [-0.2, -0.15) is 0 Å². The molecule has 0 unspecified atom stereocenters. The van der Waals surface area contributed by atoms with Gasteiger partial charge in [0.25, 0.3) is 0 Å². The Labute approximate surface area is 113 Å². The van der Waals surface area contributed by atoms with E-state index in [0.29, 0.717) is 11.5 Å². The van der Waals surface area contributed by atoms with Crippen LogP contribution in [-0.2, 0) is 9.47 Å². The first-order chi connectivity index (χ1) is 8.39. The summed E-state index contributed by atoms with van der Waals surface area (Å²) >= 11 is 0. The fourth-order valence-corrected chi connectivity index (χ4v) is 2.41. The zero-order chi connectivity index (χ0) is 13.6. The van der Waals surface area contributed by atoms with Gasteiger partial charge in [0.15, 0.2) is 0 Å². The lowest BCUT2D eigenvalue weighted by Gasteiger charge is -2.40. The van der Waals surface area contributed by atoms with Crippen molar-refractivity contribution in [3.63, 3.8) is 0 Å². The molecule has 1 aliphatic heterocycles. The molecule has 1 saturated heterocycles. The van der Waals surface area contributed by atoms with Gasteiger partial charge in [-0.1, -0.05) is 13.8 Å². The molecule has 0 aliphatic carbocycles. The summed E-state index contributed by atoms with van der Waals surface area (Å²) in [4.78, 5) is 0. The lowest BCUT2D eigenvalue weighted by Crippen LogP contribution is -2.42. The minimum absolute atomic E-state index is 0.0108. The van der Waals surface area contributed by atoms with Crippen molar-refractivity contribution in [3.8, 4) is 0 Å². The van der Waals surface area contributed by atoms with Crippen molar-refractivity contribution in [1.82, 2.24) is 5.32 Å². The Morgan fingerprint density at radius 3 is 2.39 bits per heavy atom. The monoisotopic (exact) mass is 257 g/mol. The van der Waals surface area contributed by atoms with Crippen LogP contribution in [-0.4, -0.2) is 38.5 Å². The van der Waals surface area contributed by atoms with Crippen LogP contribution < -0.4 is 5.32 Å². The predicted molar refractivity (Wildman–Crippen MR) is 75.9 cm³/mol. The van der Waals surface area contributed by atoms with Crippen LogP contribution in [0.25, 0.3) is 0 Å². The van der Waals surface area contributed by atoms with Crippen molar-refractivity contribution < 1.29 is 9.47 Å². The third-order valence-corrected chi connectivity index (χ3v) is 4.25. The van der Waals surface area contributed by atoms with Gasteiger partial charge in [-0.25, -0.2) is 0 Å². The lowest BCUT2D eigenvalue weighted by atomic mass is 9.74. The Balaban J connectivity index is 2.54. The Hall–Kier alpha value is -0.120. The highest BCUT2D eigenvalue weighted by atomic mass is 16.5. The first-order valence-corrected chi connectivity index (χ1v) is 7.25. The topological polar surface area (TPSA) is 30.5 Å². The fourth-order valence-electron chi connectivity index (χ4n) is 2.41. The van der Waals surface area contributed by atoms with Gasteiger partial charge in [0, 0.05) is 32.9 Å². The smallest absolute Gasteiger partial charge is 0.0623 e. The maximum atomic E-state index is 5.55. The second-order valence-corrected chi connectivity index (χ2v) is 6.61. The summed E-state index contributed by atoms with van der Waals surface area (Å²) in [5.41, 5.74) is 0.390. The molecule has 0 spiro atoms. The molecule has 1 aliphatic rings. The summed E-state index contributed by atoms with van der Waals surface area (Å²) in [7, 11) is 1.81. The summed E-state index contributed by atoms with van der Waals surface area (Å²) in [5, 5.41) is 3.61. The van der Waals surface area contributed by atoms with E-state index in [1.807, 2.05) is 7.11 Å². The molecule has 0 radical (unpaired) electrons. The van der Waals surface area contributed by atoms with Crippen molar-refractivity contribution in [1.29, 1.82) is 0 Å². The highest BCUT2D eigenvalue weighted by Gasteiger charge is 2.34. The minimum atomic E-state index is -0.0108. The van der Waals surface area contributed by atoms with Gasteiger partial charge in [-0.3, -0.25) is 0 Å². The highest BCUT2D eigenvalue weighted by Crippen LogP contribution is 2.37. The molecule has 0 aromatic carbocycles. The van der Waals surface area contributed by atoms with E-state index < -0.39 is 0 Å². The quantitative estimate of drug-likeness (QED) is 0.760. The van der Waals surface area contributed by atoms with E-state index in [4.69, 9.17) is 9.47 Å². The van der Waals surface area contributed by atoms with Crippen LogP contribution in [0.5, 0.6) is 0 Å². The molecule has 1 rings (SSSR count). The molecule has 0 aromatic heterocycles. The fraction of sp³-hybridized carbons (Fsp3) is 1.00. The molecule has 1 fully saturated rings. The van der Waals surface area contributed by atoms with E-state index in [2.05, 4.69) is 33.0 Å². The first kappa shape index (κ1) is 15.9. The summed E-state index contributed by atoms with van der Waals surface area (Å²) in [5.74, 6) is 0. The molecule has 0 bridgehead atoms. The maximum absolute atomic E-state index is 5.55. The van der Waals surface area contributed by atoms with Gasteiger partial charge in [-0.05, 0) is 44.9 Å². The molecule has 3 heteroatoms. The van der Waals surface area contributed by atoms with E-state index in [0.717, 1.165) is 26.2 Å². The van der Waals surface area contributed by atoms with E-state index in [1.165, 1.54) is 19.3 Å². The van der Waals surface area contributed by atoms with E-state index in [-0.39, 0.29) is 5.60 Å². The van der Waals surface area contributed by atoms with Crippen molar-refractivity contribution >= 4 is 0 Å². The summed E-state index contributed by atoms with van der Waals surface area (Å²) in [6.45, 7) is 11.7. The molecule has 108 valence electrons. The third-order valence-electron chi connectivity index (χ3n) is 4.25. The van der Waals surface area contributed by atoms with Crippen LogP contribution >= 0.6 is 0 Å². The Bertz CT molecular complexity index is 233. The molecular weight excluding hydrogens is 226 g/mol. The molecule has 1 heterocycles. The number of methoxy groups -OCH3 is 1. The van der Waals surface area contributed by atoms with Crippen LogP contribution in [0.2, 0.25) is 0 Å². The Morgan fingerprint density at radius 1 is 1.28 bits per heavy atom. The minimum Gasteiger partial charge on any atom is -0.381 e. The van der Waals surface area contributed by atoms with Gasteiger partial charge in [0.2, 0.25) is 0 Å². The predicted octanol–water partition coefficient (Wildman–Crippen LogP) is 2.99. The molecule has 3 nitrogen and oxygen atoms in total. The number of ether oxygens (including phenoxy) is 2. The van der Waals surface area contributed by atoms with Crippen LogP contribution in [0.3, 0.4) is 0 Å². The standard InChI is InChI=1S/C15H31NO2/c1-13(2)16-12-15(8-10-18-11-9-15)7-6-14(3,4)17-5/h13,16H,6-12H2,1-5H3. The maximum Gasteiger partial charge on any atom is 0.0623 e. The van der Waals surface area contributed by atoms with Gasteiger partial charge in [-0.15, -0.1) is 0 Å². The van der Waals surface area contributed by atoms with Crippen molar-refractivity contribution in [2.45, 2.75) is 65.0 Å². The number of nitrogens with one attached hydrogen (secondary N) is 1.